The van der Waals surface area contributed by atoms with Crippen LogP contribution in [0.3, 0.4) is 0 Å². The number of carbonyl (C=O) groups is 1. The van der Waals surface area contributed by atoms with Crippen LogP contribution in [0.5, 0.6) is 0 Å². The molecule has 3 heteroatoms. The summed E-state index contributed by atoms with van der Waals surface area (Å²) in [5.74, 6) is 1.71. The number of terminal acetylenes is 1. The maximum absolute atomic E-state index is 10.7. The molecule has 0 bridgehead atoms. The van der Waals surface area contributed by atoms with Gasteiger partial charge >= 0.3 is 5.97 Å². The summed E-state index contributed by atoms with van der Waals surface area (Å²) in [5.41, 5.74) is 0. The number of rotatable bonds is 5. The summed E-state index contributed by atoms with van der Waals surface area (Å²) < 4.78 is 0. The minimum atomic E-state index is -0.690. The van der Waals surface area contributed by atoms with Crippen LogP contribution < -0.4 is 5.32 Å². The molecular formula is C11H17NO2. The lowest BCUT2D eigenvalue weighted by atomic mass is 9.79. The monoisotopic (exact) mass is 195 g/mol. The molecule has 0 spiro atoms. The second kappa shape index (κ2) is 5.02. The molecule has 0 aromatic rings. The lowest BCUT2D eigenvalue weighted by molar-refractivity contribution is -0.146. The zero-order valence-electron chi connectivity index (χ0n) is 8.49. The van der Waals surface area contributed by atoms with Crippen molar-refractivity contribution < 1.29 is 9.90 Å². The summed E-state index contributed by atoms with van der Waals surface area (Å²) in [7, 11) is 0. The summed E-state index contributed by atoms with van der Waals surface area (Å²) >= 11 is 0. The maximum Gasteiger partial charge on any atom is 0.308 e. The lowest BCUT2D eigenvalue weighted by Crippen LogP contribution is -2.51. The van der Waals surface area contributed by atoms with Gasteiger partial charge in [0, 0.05) is 18.5 Å². The predicted molar refractivity (Wildman–Crippen MR) is 54.8 cm³/mol. The second-order valence-corrected chi connectivity index (χ2v) is 3.81. The SMILES string of the molecule is C#CCC(CC)NC1CCC1C(=O)O. The number of nitrogens with one attached hydrogen (secondary N) is 1. The first-order valence-electron chi connectivity index (χ1n) is 5.11. The second-order valence-electron chi connectivity index (χ2n) is 3.81. The van der Waals surface area contributed by atoms with E-state index in [2.05, 4.69) is 18.2 Å². The molecule has 0 radical (unpaired) electrons. The maximum atomic E-state index is 10.7. The summed E-state index contributed by atoms with van der Waals surface area (Å²) in [6, 6.07) is 0.401. The molecule has 0 saturated heterocycles. The molecule has 2 N–H and O–H groups in total. The predicted octanol–water partition coefficient (Wildman–Crippen LogP) is 1.24. The van der Waals surface area contributed by atoms with E-state index in [1.54, 1.807) is 0 Å². The molecule has 78 valence electrons. The van der Waals surface area contributed by atoms with Crippen molar-refractivity contribution in [2.45, 2.75) is 44.7 Å². The van der Waals surface area contributed by atoms with E-state index in [0.717, 1.165) is 19.3 Å². The van der Waals surface area contributed by atoms with E-state index < -0.39 is 5.97 Å². The third kappa shape index (κ3) is 2.49. The zero-order chi connectivity index (χ0) is 10.6. The van der Waals surface area contributed by atoms with Gasteiger partial charge in [0.05, 0.1) is 5.92 Å². The Labute approximate surface area is 84.9 Å². The average molecular weight is 195 g/mol. The Balaban J connectivity index is 2.36. The Morgan fingerprint density at radius 2 is 2.43 bits per heavy atom. The van der Waals surface area contributed by atoms with E-state index in [1.807, 2.05) is 0 Å². The minimum Gasteiger partial charge on any atom is -0.481 e. The van der Waals surface area contributed by atoms with Crippen LogP contribution in [-0.2, 0) is 4.79 Å². The van der Waals surface area contributed by atoms with Crippen LogP contribution >= 0.6 is 0 Å². The lowest BCUT2D eigenvalue weighted by Gasteiger charge is -2.36. The molecule has 14 heavy (non-hydrogen) atoms. The highest BCUT2D eigenvalue weighted by molar-refractivity contribution is 5.72. The fourth-order valence-electron chi connectivity index (χ4n) is 1.76. The smallest absolute Gasteiger partial charge is 0.308 e. The first-order valence-corrected chi connectivity index (χ1v) is 5.11. The Hall–Kier alpha value is -1.01. The molecule has 1 aliphatic carbocycles. The summed E-state index contributed by atoms with van der Waals surface area (Å²) in [5, 5.41) is 12.2. The van der Waals surface area contributed by atoms with Gasteiger partial charge in [-0.25, -0.2) is 0 Å². The minimum absolute atomic E-state index is 0.130. The number of carboxylic acids is 1. The molecule has 1 fully saturated rings. The van der Waals surface area contributed by atoms with E-state index in [0.29, 0.717) is 6.42 Å². The third-order valence-corrected chi connectivity index (χ3v) is 2.90. The molecule has 3 atom stereocenters. The zero-order valence-corrected chi connectivity index (χ0v) is 8.49. The molecular weight excluding hydrogens is 178 g/mol. The normalized spacial score (nSPS) is 27.4. The highest BCUT2D eigenvalue weighted by atomic mass is 16.4. The number of hydrogen-bond acceptors (Lipinski definition) is 2. The van der Waals surface area contributed by atoms with Gasteiger partial charge in [-0.1, -0.05) is 6.92 Å². The standard InChI is InChI=1S/C11H17NO2/c1-3-5-8(4-2)12-10-7-6-9(10)11(13)14/h1,8-10,12H,4-7H2,2H3,(H,13,14). The average Bonchev–Trinajstić information content (AvgIpc) is 2.09. The molecule has 0 aliphatic heterocycles. The van der Waals surface area contributed by atoms with Crippen LogP contribution in [0.15, 0.2) is 0 Å². The molecule has 0 heterocycles. The summed E-state index contributed by atoms with van der Waals surface area (Å²) in [6.07, 6.45) is 8.61. The van der Waals surface area contributed by atoms with E-state index >= 15 is 0 Å². The molecule has 1 saturated carbocycles. The van der Waals surface area contributed by atoms with Crippen molar-refractivity contribution in [1.82, 2.24) is 5.32 Å². The van der Waals surface area contributed by atoms with Crippen molar-refractivity contribution in [3.05, 3.63) is 0 Å². The molecule has 3 unspecified atom stereocenters. The molecule has 0 amide bonds. The van der Waals surface area contributed by atoms with Crippen molar-refractivity contribution in [3.8, 4) is 12.3 Å². The first kappa shape index (κ1) is 11.1. The van der Waals surface area contributed by atoms with Gasteiger partial charge in [-0.3, -0.25) is 4.79 Å². The van der Waals surface area contributed by atoms with Crippen molar-refractivity contribution in [3.63, 3.8) is 0 Å². The third-order valence-electron chi connectivity index (χ3n) is 2.90. The van der Waals surface area contributed by atoms with Crippen LogP contribution in [0.2, 0.25) is 0 Å². The van der Waals surface area contributed by atoms with E-state index in [-0.39, 0.29) is 18.0 Å². The van der Waals surface area contributed by atoms with Crippen LogP contribution in [0.1, 0.15) is 32.6 Å². The van der Waals surface area contributed by atoms with Crippen molar-refractivity contribution in [2.24, 2.45) is 5.92 Å². The molecule has 1 rings (SSSR count). The number of aliphatic carboxylic acids is 1. The van der Waals surface area contributed by atoms with Gasteiger partial charge in [-0.15, -0.1) is 12.3 Å². The van der Waals surface area contributed by atoms with Gasteiger partial charge < -0.3 is 10.4 Å². The highest BCUT2D eigenvalue weighted by Gasteiger charge is 2.37. The van der Waals surface area contributed by atoms with Crippen LogP contribution in [0, 0.1) is 18.3 Å². The van der Waals surface area contributed by atoms with Gasteiger partial charge in [0.25, 0.3) is 0 Å². The molecule has 3 nitrogen and oxygen atoms in total. The molecule has 0 aromatic carbocycles. The summed E-state index contributed by atoms with van der Waals surface area (Å²) in [6.45, 7) is 2.06. The first-order chi connectivity index (χ1) is 6.69. The van der Waals surface area contributed by atoms with Gasteiger partial charge in [0.2, 0.25) is 0 Å². The highest BCUT2D eigenvalue weighted by Crippen LogP contribution is 2.28. The van der Waals surface area contributed by atoms with Crippen molar-refractivity contribution in [2.75, 3.05) is 0 Å². The van der Waals surface area contributed by atoms with Crippen molar-refractivity contribution in [1.29, 1.82) is 0 Å². The van der Waals surface area contributed by atoms with Crippen LogP contribution in [0.4, 0.5) is 0 Å². The van der Waals surface area contributed by atoms with Crippen LogP contribution in [0.25, 0.3) is 0 Å². The largest absolute Gasteiger partial charge is 0.481 e. The number of carboxylic acid groups (broad SMARTS) is 1. The van der Waals surface area contributed by atoms with Gasteiger partial charge in [0.1, 0.15) is 0 Å². The Bertz CT molecular complexity index is 244. The fourth-order valence-corrected chi connectivity index (χ4v) is 1.76. The van der Waals surface area contributed by atoms with E-state index in [1.165, 1.54) is 0 Å². The van der Waals surface area contributed by atoms with Gasteiger partial charge in [0.15, 0.2) is 0 Å². The molecule has 0 aromatic heterocycles. The Kier molecular flexibility index (Phi) is 3.97. The quantitative estimate of drug-likeness (QED) is 0.649. The summed E-state index contributed by atoms with van der Waals surface area (Å²) in [4.78, 5) is 10.7. The molecule has 1 aliphatic rings. The topological polar surface area (TPSA) is 49.3 Å². The van der Waals surface area contributed by atoms with Gasteiger partial charge in [-0.05, 0) is 19.3 Å². The Morgan fingerprint density at radius 1 is 1.71 bits per heavy atom. The van der Waals surface area contributed by atoms with E-state index in [4.69, 9.17) is 11.5 Å². The van der Waals surface area contributed by atoms with Crippen molar-refractivity contribution >= 4 is 5.97 Å². The van der Waals surface area contributed by atoms with E-state index in [9.17, 15) is 4.79 Å². The van der Waals surface area contributed by atoms with Gasteiger partial charge in [-0.2, -0.15) is 0 Å². The van der Waals surface area contributed by atoms with Crippen LogP contribution in [-0.4, -0.2) is 23.2 Å². The number of hydrogen-bond donors (Lipinski definition) is 2. The Morgan fingerprint density at radius 3 is 2.79 bits per heavy atom. The fraction of sp³-hybridized carbons (Fsp3) is 0.727.